The van der Waals surface area contributed by atoms with Gasteiger partial charge in [-0.15, -0.1) is 0 Å². The Morgan fingerprint density at radius 3 is 2.51 bits per heavy atom. The van der Waals surface area contributed by atoms with Gasteiger partial charge in [-0.25, -0.2) is 9.78 Å². The van der Waals surface area contributed by atoms with Crippen LogP contribution in [0.3, 0.4) is 0 Å². The number of hydrogen-bond donors (Lipinski definition) is 4. The smallest absolute Gasteiger partial charge is 0.326 e. The van der Waals surface area contributed by atoms with Crippen LogP contribution in [-0.4, -0.2) is 55.7 Å². The minimum absolute atomic E-state index is 0.0682. The maximum absolute atomic E-state index is 12.4. The molecule has 0 fully saturated rings. The monoisotopic (exact) mass is 604 g/mol. The molecular formula is C30H36N8O4S. The summed E-state index contributed by atoms with van der Waals surface area (Å²) < 4.78 is 4.62. The highest BCUT2D eigenvalue weighted by Crippen LogP contribution is 2.29. The van der Waals surface area contributed by atoms with E-state index in [0.717, 1.165) is 50.4 Å². The van der Waals surface area contributed by atoms with Gasteiger partial charge in [0.25, 0.3) is 0 Å². The molecule has 0 radical (unpaired) electrons. The van der Waals surface area contributed by atoms with Gasteiger partial charge in [-0.05, 0) is 73.7 Å². The fourth-order valence-corrected chi connectivity index (χ4v) is 5.06. The number of benzene rings is 2. The number of carbonyl (C=O) groups is 3. The summed E-state index contributed by atoms with van der Waals surface area (Å²) in [5.41, 5.74) is 4.65. The molecule has 0 aliphatic heterocycles. The molecule has 0 saturated heterocycles. The molecule has 4 aromatic rings. The van der Waals surface area contributed by atoms with E-state index in [0.29, 0.717) is 11.8 Å². The lowest BCUT2D eigenvalue weighted by Crippen LogP contribution is -2.44. The SMILES string of the molecule is Cc1ccc(Nc2nccc(N(C)c3ccc4c(C)n(C)nc4c3)n2)cc1SNC(=O)CCC(=O)NC(C(=O)O)C(C)C. The number of aliphatic carboxylic acids is 1. The lowest BCUT2D eigenvalue weighted by Gasteiger charge is -2.19. The molecule has 43 heavy (non-hydrogen) atoms. The van der Waals surface area contributed by atoms with Crippen molar-refractivity contribution in [3.63, 3.8) is 0 Å². The van der Waals surface area contributed by atoms with Gasteiger partial charge in [0.05, 0.1) is 5.52 Å². The molecule has 0 bridgehead atoms. The van der Waals surface area contributed by atoms with E-state index in [1.54, 1.807) is 20.0 Å². The van der Waals surface area contributed by atoms with Gasteiger partial charge in [-0.2, -0.15) is 10.1 Å². The van der Waals surface area contributed by atoms with Crippen LogP contribution in [0.2, 0.25) is 0 Å². The number of nitrogens with zero attached hydrogens (tertiary/aromatic N) is 5. The lowest BCUT2D eigenvalue weighted by molar-refractivity contribution is -0.143. The topological polar surface area (TPSA) is 154 Å². The number of nitrogens with one attached hydrogen (secondary N) is 3. The van der Waals surface area contributed by atoms with Gasteiger partial charge in [0.1, 0.15) is 11.9 Å². The van der Waals surface area contributed by atoms with Gasteiger partial charge in [-0.1, -0.05) is 19.9 Å². The average molecular weight is 605 g/mol. The lowest BCUT2D eigenvalue weighted by atomic mass is 10.0. The molecule has 0 aliphatic carbocycles. The molecule has 2 aromatic carbocycles. The van der Waals surface area contributed by atoms with Crippen LogP contribution in [-0.2, 0) is 21.4 Å². The zero-order valence-corrected chi connectivity index (χ0v) is 25.8. The molecule has 0 saturated carbocycles. The molecule has 0 spiro atoms. The highest BCUT2D eigenvalue weighted by atomic mass is 32.2. The average Bonchev–Trinajstić information content (AvgIpc) is 3.26. The minimum Gasteiger partial charge on any atom is -0.480 e. The van der Waals surface area contributed by atoms with E-state index in [9.17, 15) is 19.5 Å². The third-order valence-corrected chi connectivity index (χ3v) is 8.02. The first-order valence-electron chi connectivity index (χ1n) is 13.8. The van der Waals surface area contributed by atoms with E-state index in [4.69, 9.17) is 0 Å². The second-order valence-corrected chi connectivity index (χ2v) is 11.4. The molecule has 1 atom stereocenters. The molecule has 2 aromatic heterocycles. The summed E-state index contributed by atoms with van der Waals surface area (Å²) in [5.74, 6) is -1.08. The van der Waals surface area contributed by atoms with Crippen molar-refractivity contribution >= 4 is 63.8 Å². The third kappa shape index (κ3) is 7.80. The molecule has 1 unspecified atom stereocenters. The number of anilines is 4. The Balaban J connectivity index is 1.36. The summed E-state index contributed by atoms with van der Waals surface area (Å²) in [5, 5.41) is 20.6. The Morgan fingerprint density at radius 2 is 1.79 bits per heavy atom. The van der Waals surface area contributed by atoms with E-state index in [-0.39, 0.29) is 24.7 Å². The normalized spacial score (nSPS) is 11.8. The molecule has 0 aliphatic rings. The Morgan fingerprint density at radius 1 is 1.05 bits per heavy atom. The molecular weight excluding hydrogens is 568 g/mol. The van der Waals surface area contributed by atoms with Crippen molar-refractivity contribution in [1.82, 2.24) is 29.8 Å². The van der Waals surface area contributed by atoms with Gasteiger partial charge >= 0.3 is 5.97 Å². The molecule has 13 heteroatoms. The quantitative estimate of drug-likeness (QED) is 0.168. The zero-order chi connectivity index (χ0) is 31.3. The Labute approximate surface area is 254 Å². The number of rotatable bonds is 12. The van der Waals surface area contributed by atoms with E-state index in [1.807, 2.05) is 73.9 Å². The molecule has 4 N–H and O–H groups in total. The van der Waals surface area contributed by atoms with Crippen molar-refractivity contribution in [3.05, 3.63) is 59.9 Å². The maximum atomic E-state index is 12.4. The van der Waals surface area contributed by atoms with Gasteiger partial charge in [0.2, 0.25) is 17.8 Å². The van der Waals surface area contributed by atoms with Gasteiger partial charge < -0.3 is 20.6 Å². The van der Waals surface area contributed by atoms with Crippen LogP contribution in [0.15, 0.2) is 53.6 Å². The van der Waals surface area contributed by atoms with Crippen LogP contribution >= 0.6 is 11.9 Å². The predicted octanol–water partition coefficient (Wildman–Crippen LogP) is 4.62. The van der Waals surface area contributed by atoms with Crippen LogP contribution in [0.5, 0.6) is 0 Å². The van der Waals surface area contributed by atoms with Crippen molar-refractivity contribution in [2.75, 3.05) is 17.3 Å². The standard InChI is InChI=1S/C30H36N8O4S/c1-17(2)28(29(41)42)34-26(39)11-12-27(40)36-43-24-15-20(8-7-18(24)3)32-30-31-14-13-25(33-30)37(5)21-9-10-22-19(4)38(6)35-23(22)16-21/h7-10,13-17,28H,11-12H2,1-6H3,(H,34,39)(H,36,40)(H,41,42)(H,31,32,33). The number of amides is 2. The number of aryl methyl sites for hydroxylation is 3. The molecule has 12 nitrogen and oxygen atoms in total. The van der Waals surface area contributed by atoms with Crippen LogP contribution in [0.25, 0.3) is 10.9 Å². The Hall–Kier alpha value is -4.65. The summed E-state index contributed by atoms with van der Waals surface area (Å²) in [4.78, 5) is 47.6. The summed E-state index contributed by atoms with van der Waals surface area (Å²) in [6, 6.07) is 12.7. The van der Waals surface area contributed by atoms with E-state index < -0.39 is 17.9 Å². The second kappa shape index (κ2) is 13.6. The van der Waals surface area contributed by atoms with E-state index >= 15 is 0 Å². The van der Waals surface area contributed by atoms with Crippen LogP contribution in [0, 0.1) is 19.8 Å². The van der Waals surface area contributed by atoms with Crippen molar-refractivity contribution in [1.29, 1.82) is 0 Å². The number of hydrogen-bond acceptors (Lipinski definition) is 9. The minimum atomic E-state index is -1.10. The first kappa shape index (κ1) is 31.3. The first-order chi connectivity index (χ1) is 20.4. The highest BCUT2D eigenvalue weighted by Gasteiger charge is 2.23. The zero-order valence-electron chi connectivity index (χ0n) is 25.0. The number of carboxylic acids is 1. The summed E-state index contributed by atoms with van der Waals surface area (Å²) in [6.07, 6.45) is 1.51. The molecule has 4 rings (SSSR count). The van der Waals surface area contributed by atoms with Crippen molar-refractivity contribution in [2.24, 2.45) is 13.0 Å². The summed E-state index contributed by atoms with van der Waals surface area (Å²) in [6.45, 7) is 7.38. The van der Waals surface area contributed by atoms with Gasteiger partial charge in [0, 0.05) is 60.5 Å². The van der Waals surface area contributed by atoms with Crippen LogP contribution in [0.4, 0.5) is 23.1 Å². The fraction of sp³-hybridized carbons (Fsp3) is 0.333. The van der Waals surface area contributed by atoms with Gasteiger partial charge in [-0.3, -0.25) is 19.0 Å². The highest BCUT2D eigenvalue weighted by molar-refractivity contribution is 7.98. The maximum Gasteiger partial charge on any atom is 0.326 e. The van der Waals surface area contributed by atoms with Crippen molar-refractivity contribution in [2.45, 2.75) is 51.5 Å². The Kier molecular flexibility index (Phi) is 9.86. The van der Waals surface area contributed by atoms with E-state index in [1.165, 1.54) is 0 Å². The summed E-state index contributed by atoms with van der Waals surface area (Å²) >= 11 is 1.14. The predicted molar refractivity (Wildman–Crippen MR) is 168 cm³/mol. The first-order valence-corrected chi connectivity index (χ1v) is 14.6. The number of carboxylic acid groups (broad SMARTS) is 1. The van der Waals surface area contributed by atoms with Crippen LogP contribution < -0.4 is 20.3 Å². The molecule has 226 valence electrons. The second-order valence-electron chi connectivity index (χ2n) is 10.6. The number of aromatic nitrogens is 4. The number of carbonyl (C=O) groups excluding carboxylic acids is 2. The van der Waals surface area contributed by atoms with Gasteiger partial charge in [0.15, 0.2) is 0 Å². The Bertz CT molecular complexity index is 1650. The van der Waals surface area contributed by atoms with Crippen LogP contribution in [0.1, 0.15) is 37.9 Å². The number of fused-ring (bicyclic) bond motifs is 1. The molecule has 2 heterocycles. The van der Waals surface area contributed by atoms with Crippen molar-refractivity contribution in [3.8, 4) is 0 Å². The van der Waals surface area contributed by atoms with E-state index in [2.05, 4.69) is 36.5 Å². The molecule has 2 amide bonds. The largest absolute Gasteiger partial charge is 0.480 e. The summed E-state index contributed by atoms with van der Waals surface area (Å²) in [7, 11) is 3.86. The van der Waals surface area contributed by atoms with Crippen molar-refractivity contribution < 1.29 is 19.5 Å². The fourth-order valence-electron chi connectivity index (χ4n) is 4.32. The third-order valence-electron chi connectivity index (χ3n) is 7.03.